The van der Waals surface area contributed by atoms with Crippen LogP contribution < -0.4 is 0 Å². The third-order valence-corrected chi connectivity index (χ3v) is 4.72. The predicted octanol–water partition coefficient (Wildman–Crippen LogP) is 2.05. The van der Waals surface area contributed by atoms with Gasteiger partial charge in [-0.15, -0.1) is 11.6 Å². The fourth-order valence-electron chi connectivity index (χ4n) is 3.37. The van der Waals surface area contributed by atoms with Gasteiger partial charge in [-0.1, -0.05) is 0 Å². The second-order valence-electron chi connectivity index (χ2n) is 4.86. The minimum Gasteiger partial charge on any atom is -0.347 e. The van der Waals surface area contributed by atoms with E-state index in [1.54, 1.807) is 0 Å². The summed E-state index contributed by atoms with van der Waals surface area (Å²) in [6.07, 6.45) is 3.64. The van der Waals surface area contributed by atoms with Gasteiger partial charge in [0.25, 0.3) is 0 Å². The van der Waals surface area contributed by atoms with E-state index in [9.17, 15) is 0 Å². The number of alkyl halides is 1. The Morgan fingerprint density at radius 2 is 1.80 bits per heavy atom. The minimum atomic E-state index is -0.663. The molecule has 3 saturated carbocycles. The van der Waals surface area contributed by atoms with Crippen molar-refractivity contribution in [3.63, 3.8) is 0 Å². The quantitative estimate of drug-likeness (QED) is 0.595. The molecular weight excluding hydrogens is 214 g/mol. The van der Waals surface area contributed by atoms with Gasteiger partial charge in [-0.2, -0.15) is 5.26 Å². The largest absolute Gasteiger partial charge is 0.347 e. The fraction of sp³-hybridized carbons (Fsp3) is 0.909. The van der Waals surface area contributed by atoms with Crippen molar-refractivity contribution in [3.05, 3.63) is 0 Å². The number of nitrogens with zero attached hydrogens (tertiary/aromatic N) is 1. The number of ether oxygens (including phenoxy) is 2. The summed E-state index contributed by atoms with van der Waals surface area (Å²) < 4.78 is 11.5. The molecule has 0 amide bonds. The van der Waals surface area contributed by atoms with Crippen LogP contribution in [0.5, 0.6) is 0 Å². The maximum atomic E-state index is 9.14. The summed E-state index contributed by atoms with van der Waals surface area (Å²) >= 11 is 6.35. The van der Waals surface area contributed by atoms with E-state index in [0.717, 1.165) is 25.7 Å². The first-order valence-corrected chi connectivity index (χ1v) is 5.94. The molecule has 1 heterocycles. The van der Waals surface area contributed by atoms with Gasteiger partial charge in [0.15, 0.2) is 5.79 Å². The molecule has 15 heavy (non-hydrogen) atoms. The van der Waals surface area contributed by atoms with Crippen LogP contribution in [0.3, 0.4) is 0 Å². The first kappa shape index (κ1) is 9.89. The van der Waals surface area contributed by atoms with Gasteiger partial charge >= 0.3 is 0 Å². The van der Waals surface area contributed by atoms with Gasteiger partial charge in [-0.05, 0) is 25.2 Å². The smallest absolute Gasteiger partial charge is 0.171 e. The lowest BCUT2D eigenvalue weighted by molar-refractivity contribution is -0.242. The molecule has 1 spiro atoms. The summed E-state index contributed by atoms with van der Waals surface area (Å²) in [5.41, 5.74) is 0. The van der Waals surface area contributed by atoms with E-state index in [1.807, 2.05) is 0 Å². The van der Waals surface area contributed by atoms with Crippen LogP contribution in [0.1, 0.15) is 25.7 Å². The van der Waals surface area contributed by atoms with E-state index in [4.69, 9.17) is 26.3 Å². The molecule has 3 unspecified atom stereocenters. The number of hydrogen-bond acceptors (Lipinski definition) is 3. The lowest BCUT2D eigenvalue weighted by atomic mass is 9.61. The zero-order valence-corrected chi connectivity index (χ0v) is 9.29. The third kappa shape index (κ3) is 1.25. The van der Waals surface area contributed by atoms with Crippen molar-refractivity contribution in [1.82, 2.24) is 0 Å². The third-order valence-electron chi connectivity index (χ3n) is 4.17. The number of nitriles is 1. The molecule has 82 valence electrons. The Hall–Kier alpha value is -0.300. The van der Waals surface area contributed by atoms with Crippen molar-refractivity contribution in [1.29, 1.82) is 5.26 Å². The van der Waals surface area contributed by atoms with Crippen LogP contribution in [0.4, 0.5) is 0 Å². The first-order chi connectivity index (χ1) is 7.19. The second-order valence-corrected chi connectivity index (χ2v) is 5.54. The van der Waals surface area contributed by atoms with Gasteiger partial charge < -0.3 is 9.47 Å². The summed E-state index contributed by atoms with van der Waals surface area (Å²) in [5.74, 6) is 0.146. The Kier molecular flexibility index (Phi) is 2.04. The zero-order chi connectivity index (χ0) is 10.5. The minimum absolute atomic E-state index is 0.229. The van der Waals surface area contributed by atoms with Crippen LogP contribution in [0.2, 0.25) is 0 Å². The maximum Gasteiger partial charge on any atom is 0.171 e. The second kappa shape index (κ2) is 3.10. The van der Waals surface area contributed by atoms with E-state index in [0.29, 0.717) is 19.1 Å². The highest BCUT2D eigenvalue weighted by atomic mass is 35.5. The molecule has 4 aliphatic rings. The molecule has 4 rings (SSSR count). The van der Waals surface area contributed by atoms with Gasteiger partial charge in [0, 0.05) is 12.3 Å². The number of halogens is 1. The van der Waals surface area contributed by atoms with Gasteiger partial charge in [-0.3, -0.25) is 0 Å². The molecule has 1 aliphatic heterocycles. The Labute approximate surface area is 94.3 Å². The standard InChI is InChI=1S/C11H14ClNO2/c12-10(7-13)5-9-2-1-8(10)6-11(9)14-3-4-15-11/h8-9H,1-6H2. The Morgan fingerprint density at radius 1 is 1.13 bits per heavy atom. The summed E-state index contributed by atoms with van der Waals surface area (Å²) in [4.78, 5) is -0.663. The van der Waals surface area contributed by atoms with Crippen molar-refractivity contribution in [2.75, 3.05) is 13.2 Å². The van der Waals surface area contributed by atoms with E-state index in [2.05, 4.69) is 6.07 Å². The molecule has 4 fully saturated rings. The van der Waals surface area contributed by atoms with Crippen molar-refractivity contribution in [2.45, 2.75) is 36.3 Å². The Balaban J connectivity index is 1.90. The Bertz CT molecular complexity index is 321. The lowest BCUT2D eigenvalue weighted by Crippen LogP contribution is -2.56. The SMILES string of the molecule is N#CC1(Cl)CC2CCC1CC21OCCO1. The highest BCUT2D eigenvalue weighted by molar-refractivity contribution is 6.26. The molecule has 4 heteroatoms. The molecule has 0 N–H and O–H groups in total. The average molecular weight is 228 g/mol. The topological polar surface area (TPSA) is 42.2 Å². The number of hydrogen-bond donors (Lipinski definition) is 0. The fourth-order valence-corrected chi connectivity index (χ4v) is 3.74. The monoisotopic (exact) mass is 227 g/mol. The molecule has 0 aromatic heterocycles. The van der Waals surface area contributed by atoms with Crippen molar-refractivity contribution in [2.24, 2.45) is 11.8 Å². The van der Waals surface area contributed by atoms with Crippen LogP contribution in [0.15, 0.2) is 0 Å². The van der Waals surface area contributed by atoms with Crippen molar-refractivity contribution < 1.29 is 9.47 Å². The van der Waals surface area contributed by atoms with E-state index in [-0.39, 0.29) is 5.92 Å². The number of rotatable bonds is 0. The maximum absolute atomic E-state index is 9.14. The molecule has 0 radical (unpaired) electrons. The average Bonchev–Trinajstić information content (AvgIpc) is 2.70. The van der Waals surface area contributed by atoms with Gasteiger partial charge in [0.2, 0.25) is 0 Å². The summed E-state index contributed by atoms with van der Waals surface area (Å²) in [6.45, 7) is 1.37. The van der Waals surface area contributed by atoms with Gasteiger partial charge in [0.05, 0.1) is 19.3 Å². The summed E-state index contributed by atoms with van der Waals surface area (Å²) in [6, 6.07) is 2.27. The van der Waals surface area contributed by atoms with E-state index < -0.39 is 10.7 Å². The predicted molar refractivity (Wildman–Crippen MR) is 54.3 cm³/mol. The normalized spacial score (nSPS) is 46.9. The Morgan fingerprint density at radius 3 is 2.33 bits per heavy atom. The molecular formula is C11H14ClNO2. The van der Waals surface area contributed by atoms with Crippen molar-refractivity contribution >= 4 is 11.6 Å². The molecule has 0 aromatic rings. The zero-order valence-electron chi connectivity index (χ0n) is 8.54. The molecule has 2 bridgehead atoms. The molecule has 0 aromatic carbocycles. The highest BCUT2D eigenvalue weighted by Gasteiger charge is 2.60. The summed E-state index contributed by atoms with van der Waals surface area (Å²) in [7, 11) is 0. The van der Waals surface area contributed by atoms with Gasteiger partial charge in [-0.25, -0.2) is 0 Å². The van der Waals surface area contributed by atoms with Gasteiger partial charge in [0.1, 0.15) is 4.87 Å². The van der Waals surface area contributed by atoms with Crippen LogP contribution in [-0.4, -0.2) is 23.9 Å². The van der Waals surface area contributed by atoms with Crippen LogP contribution in [0.25, 0.3) is 0 Å². The van der Waals surface area contributed by atoms with Crippen molar-refractivity contribution in [3.8, 4) is 6.07 Å². The first-order valence-electron chi connectivity index (χ1n) is 5.57. The lowest BCUT2D eigenvalue weighted by Gasteiger charge is -2.52. The highest BCUT2D eigenvalue weighted by Crippen LogP contribution is 2.57. The molecule has 3 atom stereocenters. The molecule has 3 nitrogen and oxygen atoms in total. The van der Waals surface area contributed by atoms with Crippen LogP contribution in [-0.2, 0) is 9.47 Å². The molecule has 3 aliphatic carbocycles. The molecule has 1 saturated heterocycles. The van der Waals surface area contributed by atoms with Crippen LogP contribution >= 0.6 is 11.6 Å². The number of fused-ring (bicyclic) bond motifs is 2. The van der Waals surface area contributed by atoms with E-state index in [1.165, 1.54) is 0 Å². The van der Waals surface area contributed by atoms with Crippen LogP contribution in [0, 0.1) is 23.2 Å². The van der Waals surface area contributed by atoms with E-state index >= 15 is 0 Å². The summed E-state index contributed by atoms with van der Waals surface area (Å²) in [5, 5.41) is 9.14.